The molecule has 0 saturated heterocycles. The number of fused-ring (bicyclic) bond motifs is 1. The summed E-state index contributed by atoms with van der Waals surface area (Å²) < 4.78 is 18.1. The Bertz CT molecular complexity index is 995. The lowest BCUT2D eigenvalue weighted by atomic mass is 10.0. The number of rotatable bonds is 6. The number of para-hydroxylation sites is 1. The number of amides is 1. The minimum absolute atomic E-state index is 0.0446. The van der Waals surface area contributed by atoms with E-state index in [1.807, 2.05) is 24.3 Å². The van der Waals surface area contributed by atoms with E-state index in [0.29, 0.717) is 25.3 Å². The predicted octanol–water partition coefficient (Wildman–Crippen LogP) is 2.71. The lowest BCUT2D eigenvalue weighted by Gasteiger charge is -2.27. The summed E-state index contributed by atoms with van der Waals surface area (Å²) in [6, 6.07) is 12.4. The Hall–Kier alpha value is -3.55. The van der Waals surface area contributed by atoms with Crippen molar-refractivity contribution in [1.82, 2.24) is 15.1 Å². The molecule has 2 atom stereocenters. The summed E-state index contributed by atoms with van der Waals surface area (Å²) in [6.07, 6.45) is 3.15. The second kappa shape index (κ2) is 8.22. The van der Waals surface area contributed by atoms with Crippen molar-refractivity contribution in [3.63, 3.8) is 0 Å². The van der Waals surface area contributed by atoms with E-state index in [4.69, 9.17) is 13.9 Å². The maximum atomic E-state index is 12.5. The number of nitrogens with one attached hydrogen (secondary N) is 1. The highest BCUT2D eigenvalue weighted by molar-refractivity contribution is 5.90. The molecular weight excluding hydrogens is 374 g/mol. The third-order valence-corrected chi connectivity index (χ3v) is 4.67. The molecule has 0 aliphatic carbocycles. The van der Waals surface area contributed by atoms with Crippen LogP contribution in [0.15, 0.2) is 59.3 Å². The number of furan rings is 1. The molecule has 150 valence electrons. The van der Waals surface area contributed by atoms with Gasteiger partial charge in [0.05, 0.1) is 19.2 Å². The van der Waals surface area contributed by atoms with Crippen LogP contribution in [0.25, 0.3) is 0 Å². The average Bonchev–Trinajstić information content (AvgIpc) is 3.41. The van der Waals surface area contributed by atoms with Gasteiger partial charge >= 0.3 is 5.97 Å². The van der Waals surface area contributed by atoms with E-state index in [2.05, 4.69) is 10.4 Å². The molecule has 2 unspecified atom stereocenters. The van der Waals surface area contributed by atoms with Crippen molar-refractivity contribution >= 4 is 11.9 Å². The van der Waals surface area contributed by atoms with Crippen LogP contribution in [-0.2, 0) is 16.1 Å². The summed E-state index contributed by atoms with van der Waals surface area (Å²) in [5.74, 6) is 0.309. The number of hydrogen-bond donors (Lipinski definition) is 1. The molecule has 3 aromatic rings. The van der Waals surface area contributed by atoms with Crippen molar-refractivity contribution in [2.75, 3.05) is 6.61 Å². The number of esters is 1. The lowest BCUT2D eigenvalue weighted by Crippen LogP contribution is -2.39. The molecule has 8 heteroatoms. The fourth-order valence-corrected chi connectivity index (χ4v) is 3.18. The molecule has 8 nitrogen and oxygen atoms in total. The van der Waals surface area contributed by atoms with Gasteiger partial charge < -0.3 is 19.2 Å². The molecule has 0 radical (unpaired) electrons. The molecule has 1 aliphatic heterocycles. The SMILES string of the molecule is CC(OC(=O)c1ccc(Cn2cccn2)o1)C(=O)NC1CCOc2ccccc21. The molecule has 0 spiro atoms. The van der Waals surface area contributed by atoms with Gasteiger partial charge in [-0.3, -0.25) is 9.48 Å². The highest BCUT2D eigenvalue weighted by Gasteiger charge is 2.27. The first-order valence-electron chi connectivity index (χ1n) is 9.39. The molecular formula is C21H21N3O5. The molecule has 1 aliphatic rings. The number of nitrogens with zero attached hydrogens (tertiary/aromatic N) is 2. The van der Waals surface area contributed by atoms with Crippen LogP contribution >= 0.6 is 0 Å². The average molecular weight is 395 g/mol. The molecule has 0 saturated carbocycles. The molecule has 29 heavy (non-hydrogen) atoms. The topological polar surface area (TPSA) is 95.6 Å². The number of carbonyl (C=O) groups is 2. The molecule has 0 fully saturated rings. The first-order valence-corrected chi connectivity index (χ1v) is 9.39. The van der Waals surface area contributed by atoms with Gasteiger partial charge in [0.25, 0.3) is 5.91 Å². The van der Waals surface area contributed by atoms with E-state index in [1.54, 1.807) is 29.2 Å². The molecule has 2 aromatic heterocycles. The number of benzene rings is 1. The normalized spacial score (nSPS) is 16.4. The predicted molar refractivity (Wildman–Crippen MR) is 102 cm³/mol. The van der Waals surface area contributed by atoms with Gasteiger partial charge in [0.2, 0.25) is 5.76 Å². The van der Waals surface area contributed by atoms with E-state index in [9.17, 15) is 9.59 Å². The van der Waals surface area contributed by atoms with Gasteiger partial charge in [0, 0.05) is 24.4 Å². The Morgan fingerprint density at radius 1 is 1.28 bits per heavy atom. The highest BCUT2D eigenvalue weighted by atomic mass is 16.6. The lowest BCUT2D eigenvalue weighted by molar-refractivity contribution is -0.130. The zero-order valence-corrected chi connectivity index (χ0v) is 15.9. The summed E-state index contributed by atoms with van der Waals surface area (Å²) in [4.78, 5) is 24.9. The standard InChI is InChI=1S/C21H21N3O5/c1-14(20(25)23-17-9-12-27-18-6-3-2-5-16(17)18)28-21(26)19-8-7-15(29-19)13-24-11-4-10-22-24/h2-8,10-11,14,17H,9,12-13H2,1H3,(H,23,25). The van der Waals surface area contributed by atoms with Crippen LogP contribution in [0.3, 0.4) is 0 Å². The Morgan fingerprint density at radius 2 is 2.14 bits per heavy atom. The summed E-state index contributed by atoms with van der Waals surface area (Å²) in [5, 5.41) is 7.02. The first kappa shape index (κ1) is 18.8. The van der Waals surface area contributed by atoms with Gasteiger partial charge in [0.1, 0.15) is 11.5 Å². The van der Waals surface area contributed by atoms with E-state index >= 15 is 0 Å². The minimum Gasteiger partial charge on any atom is -0.493 e. The van der Waals surface area contributed by atoms with Crippen LogP contribution in [-0.4, -0.2) is 34.4 Å². The summed E-state index contributed by atoms with van der Waals surface area (Å²) in [5.41, 5.74) is 0.917. The van der Waals surface area contributed by atoms with Crippen molar-refractivity contribution in [2.45, 2.75) is 32.0 Å². The van der Waals surface area contributed by atoms with Gasteiger partial charge in [-0.25, -0.2) is 4.79 Å². The smallest absolute Gasteiger partial charge is 0.375 e. The minimum atomic E-state index is -0.961. The van der Waals surface area contributed by atoms with Crippen LogP contribution in [0.2, 0.25) is 0 Å². The molecule has 1 aromatic carbocycles. The van der Waals surface area contributed by atoms with Gasteiger partial charge in [-0.2, -0.15) is 5.10 Å². The fourth-order valence-electron chi connectivity index (χ4n) is 3.18. The summed E-state index contributed by atoms with van der Waals surface area (Å²) in [7, 11) is 0. The molecule has 3 heterocycles. The highest BCUT2D eigenvalue weighted by Crippen LogP contribution is 2.31. The van der Waals surface area contributed by atoms with Crippen molar-refractivity contribution < 1.29 is 23.5 Å². The Balaban J connectivity index is 1.34. The van der Waals surface area contributed by atoms with Crippen molar-refractivity contribution in [3.05, 3.63) is 71.9 Å². The van der Waals surface area contributed by atoms with Crippen molar-refractivity contribution in [2.24, 2.45) is 0 Å². The van der Waals surface area contributed by atoms with E-state index in [1.165, 1.54) is 13.0 Å². The molecule has 1 amide bonds. The quantitative estimate of drug-likeness (QED) is 0.645. The number of carbonyl (C=O) groups excluding carboxylic acids is 2. The van der Waals surface area contributed by atoms with Crippen LogP contribution in [0, 0.1) is 0 Å². The summed E-state index contributed by atoms with van der Waals surface area (Å²) in [6.45, 7) is 2.45. The largest absolute Gasteiger partial charge is 0.493 e. The third kappa shape index (κ3) is 4.31. The number of aromatic nitrogens is 2. The molecule has 0 bridgehead atoms. The van der Waals surface area contributed by atoms with Gasteiger partial charge in [0.15, 0.2) is 6.10 Å². The maximum absolute atomic E-state index is 12.5. The monoisotopic (exact) mass is 395 g/mol. The second-order valence-corrected chi connectivity index (χ2v) is 6.75. The van der Waals surface area contributed by atoms with Gasteiger partial charge in [-0.15, -0.1) is 0 Å². The third-order valence-electron chi connectivity index (χ3n) is 4.67. The van der Waals surface area contributed by atoms with Crippen LogP contribution < -0.4 is 10.1 Å². The van der Waals surface area contributed by atoms with E-state index in [-0.39, 0.29) is 17.7 Å². The van der Waals surface area contributed by atoms with Crippen LogP contribution in [0.5, 0.6) is 5.75 Å². The fraction of sp³-hybridized carbons (Fsp3) is 0.286. The Labute approximate surface area is 167 Å². The second-order valence-electron chi connectivity index (χ2n) is 6.75. The number of ether oxygens (including phenoxy) is 2. The Kier molecular flexibility index (Phi) is 5.33. The molecule has 1 N–H and O–H groups in total. The zero-order chi connectivity index (χ0) is 20.2. The van der Waals surface area contributed by atoms with Gasteiger partial charge in [-0.1, -0.05) is 18.2 Å². The van der Waals surface area contributed by atoms with Crippen LogP contribution in [0.1, 0.15) is 41.3 Å². The van der Waals surface area contributed by atoms with E-state index in [0.717, 1.165) is 11.3 Å². The Morgan fingerprint density at radius 3 is 2.97 bits per heavy atom. The maximum Gasteiger partial charge on any atom is 0.375 e. The van der Waals surface area contributed by atoms with Crippen LogP contribution in [0.4, 0.5) is 0 Å². The zero-order valence-electron chi connectivity index (χ0n) is 15.9. The first-order chi connectivity index (χ1) is 14.1. The molecule has 4 rings (SSSR count). The van der Waals surface area contributed by atoms with Crippen molar-refractivity contribution in [1.29, 1.82) is 0 Å². The van der Waals surface area contributed by atoms with Gasteiger partial charge in [-0.05, 0) is 31.2 Å². The number of hydrogen-bond acceptors (Lipinski definition) is 6. The van der Waals surface area contributed by atoms with E-state index < -0.39 is 12.1 Å². The summed E-state index contributed by atoms with van der Waals surface area (Å²) >= 11 is 0. The van der Waals surface area contributed by atoms with Crippen molar-refractivity contribution in [3.8, 4) is 5.75 Å².